The van der Waals surface area contributed by atoms with Crippen LogP contribution in [0, 0.1) is 0 Å². The average Bonchev–Trinajstić information content (AvgIpc) is 2.96. The van der Waals surface area contributed by atoms with Gasteiger partial charge in [0, 0.05) is 0 Å². The van der Waals surface area contributed by atoms with Gasteiger partial charge in [-0.2, -0.15) is 0 Å². The molecule has 2 aromatic carbocycles. The second kappa shape index (κ2) is 18.7. The summed E-state index contributed by atoms with van der Waals surface area (Å²) >= 11 is 0. The Bertz CT molecular complexity index is 1110. The first-order chi connectivity index (χ1) is 21.8. The lowest BCUT2D eigenvalue weighted by Crippen LogP contribution is -2.23. The standard InChI is InChI=1S/C43H73O3P/c1-14-15-16-17-18-19-20-21-22-23-24-25-30-45-47(44)46-39(35-28-26-33(40(2,3)4)31-37(35)42(8,9)10)36-29-27-34(41(5,6)7)32-38(36)43(11,12)13/h26-29,31-32,39,44H,14-25,30H2,1-13H3. The number of unbranched alkanes of at least 4 members (excludes halogenated alkanes) is 11. The van der Waals surface area contributed by atoms with Gasteiger partial charge in [-0.1, -0.05) is 197 Å². The molecule has 0 spiro atoms. The molecule has 0 bridgehead atoms. The van der Waals surface area contributed by atoms with Crippen molar-refractivity contribution in [1.29, 1.82) is 0 Å². The van der Waals surface area contributed by atoms with Crippen molar-refractivity contribution in [3.8, 4) is 0 Å². The van der Waals surface area contributed by atoms with Crippen LogP contribution in [-0.4, -0.2) is 11.5 Å². The average molecular weight is 669 g/mol. The van der Waals surface area contributed by atoms with E-state index in [9.17, 15) is 4.89 Å². The summed E-state index contributed by atoms with van der Waals surface area (Å²) in [6.07, 6.45) is 15.1. The fourth-order valence-electron chi connectivity index (χ4n) is 6.29. The van der Waals surface area contributed by atoms with Gasteiger partial charge in [0.2, 0.25) is 0 Å². The van der Waals surface area contributed by atoms with Crippen LogP contribution in [0.4, 0.5) is 0 Å². The van der Waals surface area contributed by atoms with Gasteiger partial charge in [0.25, 0.3) is 0 Å². The van der Waals surface area contributed by atoms with E-state index in [1.54, 1.807) is 0 Å². The maximum Gasteiger partial charge on any atom is 0.330 e. The van der Waals surface area contributed by atoms with Crippen molar-refractivity contribution >= 4 is 8.60 Å². The molecule has 1 unspecified atom stereocenters. The molecule has 0 aliphatic heterocycles. The van der Waals surface area contributed by atoms with Crippen molar-refractivity contribution in [2.75, 3.05) is 6.61 Å². The number of hydrogen-bond donors (Lipinski definition) is 1. The molecule has 2 rings (SSSR count). The smallest absolute Gasteiger partial charge is 0.328 e. The molecule has 0 fully saturated rings. The van der Waals surface area contributed by atoms with Crippen LogP contribution in [0.2, 0.25) is 0 Å². The Morgan fingerprint density at radius 3 is 1.23 bits per heavy atom. The summed E-state index contributed by atoms with van der Waals surface area (Å²) in [6, 6.07) is 13.7. The molecule has 0 radical (unpaired) electrons. The Labute approximate surface area is 293 Å². The molecule has 268 valence electrons. The molecular formula is C43H73O3P. The second-order valence-electron chi connectivity index (χ2n) is 18.0. The highest BCUT2D eigenvalue weighted by Crippen LogP contribution is 2.48. The van der Waals surface area contributed by atoms with E-state index in [-0.39, 0.29) is 21.7 Å². The molecule has 4 heteroatoms. The second-order valence-corrected chi connectivity index (χ2v) is 19.0. The lowest BCUT2D eigenvalue weighted by molar-refractivity contribution is 0.162. The van der Waals surface area contributed by atoms with Crippen LogP contribution in [0.15, 0.2) is 36.4 Å². The highest BCUT2D eigenvalue weighted by molar-refractivity contribution is 7.40. The highest BCUT2D eigenvalue weighted by atomic mass is 31.2. The van der Waals surface area contributed by atoms with Gasteiger partial charge in [0.1, 0.15) is 6.10 Å². The van der Waals surface area contributed by atoms with E-state index < -0.39 is 14.7 Å². The summed E-state index contributed by atoms with van der Waals surface area (Å²) in [5.41, 5.74) is 7.15. The lowest BCUT2D eigenvalue weighted by Gasteiger charge is -2.34. The number of hydrogen-bond acceptors (Lipinski definition) is 3. The van der Waals surface area contributed by atoms with Gasteiger partial charge in [0.05, 0.1) is 6.61 Å². The summed E-state index contributed by atoms with van der Waals surface area (Å²) in [4.78, 5) is 11.3. The zero-order valence-electron chi connectivity index (χ0n) is 32.9. The quantitative estimate of drug-likeness (QED) is 0.127. The monoisotopic (exact) mass is 669 g/mol. The Kier molecular flexibility index (Phi) is 16.6. The van der Waals surface area contributed by atoms with Gasteiger partial charge >= 0.3 is 8.60 Å². The van der Waals surface area contributed by atoms with Crippen molar-refractivity contribution < 1.29 is 13.9 Å². The van der Waals surface area contributed by atoms with E-state index in [4.69, 9.17) is 9.05 Å². The van der Waals surface area contributed by atoms with E-state index >= 15 is 0 Å². The summed E-state index contributed by atoms with van der Waals surface area (Å²) < 4.78 is 12.7. The molecule has 0 saturated heterocycles. The van der Waals surface area contributed by atoms with Crippen molar-refractivity contribution in [2.45, 2.75) is 195 Å². The normalized spacial score (nSPS) is 13.9. The van der Waals surface area contributed by atoms with Crippen LogP contribution in [-0.2, 0) is 30.7 Å². The van der Waals surface area contributed by atoms with Crippen molar-refractivity contribution in [1.82, 2.24) is 0 Å². The molecule has 0 saturated carbocycles. The maximum absolute atomic E-state index is 11.3. The lowest BCUT2D eigenvalue weighted by atomic mass is 9.74. The first-order valence-corrected chi connectivity index (χ1v) is 20.0. The van der Waals surface area contributed by atoms with Gasteiger partial charge in [-0.05, 0) is 61.5 Å². The van der Waals surface area contributed by atoms with E-state index in [2.05, 4.69) is 126 Å². The van der Waals surface area contributed by atoms with Crippen LogP contribution >= 0.6 is 8.60 Å². The molecule has 0 aliphatic rings. The highest BCUT2D eigenvalue weighted by Gasteiger charge is 2.33. The Balaban J connectivity index is 2.25. The van der Waals surface area contributed by atoms with E-state index in [1.165, 1.54) is 86.5 Å². The fourth-order valence-corrected chi connectivity index (χ4v) is 7.04. The minimum Gasteiger partial charge on any atom is -0.328 e. The first kappa shape index (κ1) is 41.9. The predicted octanol–water partition coefficient (Wildman–Crippen LogP) is 13.9. The van der Waals surface area contributed by atoms with Crippen LogP contribution in [0.3, 0.4) is 0 Å². The maximum atomic E-state index is 11.3. The third-order valence-electron chi connectivity index (χ3n) is 9.41. The van der Waals surface area contributed by atoms with Crippen LogP contribution in [0.25, 0.3) is 0 Å². The minimum atomic E-state index is -2.06. The van der Waals surface area contributed by atoms with Gasteiger partial charge in [-0.3, -0.25) is 4.52 Å². The summed E-state index contributed by atoms with van der Waals surface area (Å²) in [5.74, 6) is 0. The molecule has 0 heterocycles. The van der Waals surface area contributed by atoms with E-state index in [0.717, 1.165) is 24.0 Å². The molecule has 0 aromatic heterocycles. The van der Waals surface area contributed by atoms with Crippen LogP contribution < -0.4 is 0 Å². The Morgan fingerprint density at radius 1 is 0.532 bits per heavy atom. The van der Waals surface area contributed by atoms with Gasteiger partial charge in [0.15, 0.2) is 0 Å². The largest absolute Gasteiger partial charge is 0.330 e. The van der Waals surface area contributed by atoms with Gasteiger partial charge in [-0.15, -0.1) is 0 Å². The molecule has 47 heavy (non-hydrogen) atoms. The SMILES string of the molecule is CCCCCCCCCCCCCCOP(O)OC(c1ccc(C(C)(C)C)cc1C(C)(C)C)c1ccc(C(C)(C)C)cc1C(C)(C)C. The first-order valence-electron chi connectivity index (χ1n) is 18.9. The third-order valence-corrected chi connectivity index (χ3v) is 10.2. The van der Waals surface area contributed by atoms with Gasteiger partial charge < -0.3 is 9.42 Å². The number of rotatable bonds is 18. The van der Waals surface area contributed by atoms with E-state index in [0.29, 0.717) is 6.61 Å². The van der Waals surface area contributed by atoms with Crippen LogP contribution in [0.1, 0.15) is 207 Å². The molecule has 0 amide bonds. The van der Waals surface area contributed by atoms with E-state index in [1.807, 2.05) is 0 Å². The fraction of sp³-hybridized carbons (Fsp3) is 0.721. The molecular weight excluding hydrogens is 595 g/mol. The number of benzene rings is 2. The summed E-state index contributed by atoms with van der Waals surface area (Å²) in [6.45, 7) is 30.0. The Morgan fingerprint density at radius 2 is 0.894 bits per heavy atom. The summed E-state index contributed by atoms with van der Waals surface area (Å²) in [7, 11) is -2.06. The Hall–Kier alpha value is -1.25. The van der Waals surface area contributed by atoms with Crippen molar-refractivity contribution in [3.63, 3.8) is 0 Å². The summed E-state index contributed by atoms with van der Waals surface area (Å²) in [5, 5.41) is 0. The molecule has 3 nitrogen and oxygen atoms in total. The molecule has 1 atom stereocenters. The van der Waals surface area contributed by atoms with Crippen molar-refractivity contribution in [2.24, 2.45) is 0 Å². The molecule has 0 aliphatic carbocycles. The molecule has 2 aromatic rings. The minimum absolute atomic E-state index is 0.0285. The molecule has 1 N–H and O–H groups in total. The van der Waals surface area contributed by atoms with Gasteiger partial charge in [-0.25, -0.2) is 0 Å². The van der Waals surface area contributed by atoms with Crippen molar-refractivity contribution in [3.05, 3.63) is 69.8 Å². The third kappa shape index (κ3) is 14.3. The zero-order chi connectivity index (χ0) is 35.5. The zero-order valence-corrected chi connectivity index (χ0v) is 33.8. The van der Waals surface area contributed by atoms with Crippen LogP contribution in [0.5, 0.6) is 0 Å². The topological polar surface area (TPSA) is 38.7 Å². The predicted molar refractivity (Wildman–Crippen MR) is 207 cm³/mol.